The lowest BCUT2D eigenvalue weighted by Crippen LogP contribution is -2.41. The number of hydrogen-bond acceptors (Lipinski definition) is 1. The fraction of sp³-hybridized carbons (Fsp3) is 0.562. The van der Waals surface area contributed by atoms with Crippen LogP contribution in [0.25, 0.3) is 0 Å². The molecule has 0 spiro atoms. The highest BCUT2D eigenvalue weighted by atomic mass is 19.1. The van der Waals surface area contributed by atoms with Crippen LogP contribution < -0.4 is 5.32 Å². The Bertz CT molecular complexity index is 494. The molecule has 1 saturated heterocycles. The molecule has 2 aliphatic rings. The number of benzene rings is 1. The summed E-state index contributed by atoms with van der Waals surface area (Å²) in [4.78, 5) is 6.89. The zero-order valence-corrected chi connectivity index (χ0v) is 12.0. The van der Waals surface area contributed by atoms with E-state index in [1.54, 1.807) is 12.1 Å². The molecule has 0 bridgehead atoms. The molecule has 2 unspecified atom stereocenters. The molecule has 20 heavy (non-hydrogen) atoms. The number of aliphatic imine (C=N–C) groups is 1. The molecule has 4 heteroatoms. The first-order valence-corrected chi connectivity index (χ1v) is 7.60. The van der Waals surface area contributed by atoms with Gasteiger partial charge in [0.15, 0.2) is 5.96 Å². The summed E-state index contributed by atoms with van der Waals surface area (Å²) >= 11 is 0. The van der Waals surface area contributed by atoms with Crippen molar-refractivity contribution in [2.24, 2.45) is 4.99 Å². The minimum Gasteiger partial charge on any atom is -0.353 e. The van der Waals surface area contributed by atoms with Gasteiger partial charge in [0.05, 0.1) is 0 Å². The van der Waals surface area contributed by atoms with Gasteiger partial charge in [-0.15, -0.1) is 0 Å². The quantitative estimate of drug-likeness (QED) is 0.678. The summed E-state index contributed by atoms with van der Waals surface area (Å²) in [7, 11) is 0. The van der Waals surface area contributed by atoms with Crippen LogP contribution in [0.15, 0.2) is 29.3 Å². The van der Waals surface area contributed by atoms with Gasteiger partial charge in [0, 0.05) is 31.6 Å². The molecule has 1 heterocycles. The van der Waals surface area contributed by atoms with Crippen LogP contribution in [0.5, 0.6) is 0 Å². The van der Waals surface area contributed by atoms with Gasteiger partial charge in [0.2, 0.25) is 0 Å². The van der Waals surface area contributed by atoms with Crippen molar-refractivity contribution in [2.75, 3.05) is 19.6 Å². The first-order chi connectivity index (χ1) is 9.79. The molecule has 1 aromatic carbocycles. The van der Waals surface area contributed by atoms with E-state index in [-0.39, 0.29) is 5.82 Å². The average Bonchev–Trinajstić information content (AvgIpc) is 3.00. The van der Waals surface area contributed by atoms with Crippen molar-refractivity contribution in [3.63, 3.8) is 0 Å². The molecule has 1 aromatic rings. The molecule has 2 fully saturated rings. The molecular formula is C16H22FN3. The van der Waals surface area contributed by atoms with E-state index in [4.69, 9.17) is 0 Å². The Morgan fingerprint density at radius 3 is 2.80 bits per heavy atom. The van der Waals surface area contributed by atoms with Crippen LogP contribution in [0, 0.1) is 5.82 Å². The summed E-state index contributed by atoms with van der Waals surface area (Å²) in [6.07, 6.45) is 3.48. The Kier molecular flexibility index (Phi) is 3.90. The van der Waals surface area contributed by atoms with Gasteiger partial charge in [-0.2, -0.15) is 0 Å². The maximum Gasteiger partial charge on any atom is 0.194 e. The average molecular weight is 275 g/mol. The standard InChI is InChI=1S/C16H22FN3/c1-2-18-16(20-9-5-6-10-20)19-15-11-13(15)12-7-3-4-8-14(12)17/h3-4,7-8,13,15H,2,5-6,9-11H2,1H3,(H,18,19). The van der Waals surface area contributed by atoms with E-state index < -0.39 is 0 Å². The largest absolute Gasteiger partial charge is 0.353 e. The Balaban J connectivity index is 1.64. The predicted octanol–water partition coefficient (Wildman–Crippen LogP) is 2.74. The smallest absolute Gasteiger partial charge is 0.194 e. The summed E-state index contributed by atoms with van der Waals surface area (Å²) in [6.45, 7) is 5.01. The second-order valence-corrected chi connectivity index (χ2v) is 5.61. The van der Waals surface area contributed by atoms with Crippen molar-refractivity contribution in [3.05, 3.63) is 35.6 Å². The lowest BCUT2D eigenvalue weighted by Gasteiger charge is -2.21. The third-order valence-corrected chi connectivity index (χ3v) is 4.12. The van der Waals surface area contributed by atoms with Crippen LogP contribution in [-0.4, -0.2) is 36.5 Å². The molecular weight excluding hydrogens is 253 g/mol. The number of rotatable bonds is 3. The highest BCUT2D eigenvalue weighted by Crippen LogP contribution is 2.41. The normalized spacial score (nSPS) is 25.9. The van der Waals surface area contributed by atoms with E-state index in [0.717, 1.165) is 37.6 Å². The van der Waals surface area contributed by atoms with Crippen LogP contribution in [0.2, 0.25) is 0 Å². The first kappa shape index (κ1) is 13.4. The zero-order valence-electron chi connectivity index (χ0n) is 12.0. The van der Waals surface area contributed by atoms with Crippen molar-refractivity contribution in [2.45, 2.75) is 38.1 Å². The Morgan fingerprint density at radius 2 is 2.10 bits per heavy atom. The molecule has 1 aliphatic carbocycles. The monoisotopic (exact) mass is 275 g/mol. The third kappa shape index (κ3) is 2.79. The number of likely N-dealkylation sites (tertiary alicyclic amines) is 1. The lowest BCUT2D eigenvalue weighted by atomic mass is 10.1. The zero-order chi connectivity index (χ0) is 13.9. The minimum absolute atomic E-state index is 0.0862. The topological polar surface area (TPSA) is 27.6 Å². The Morgan fingerprint density at radius 1 is 1.35 bits per heavy atom. The third-order valence-electron chi connectivity index (χ3n) is 4.12. The van der Waals surface area contributed by atoms with Crippen LogP contribution in [0.1, 0.15) is 37.7 Å². The molecule has 108 valence electrons. The molecule has 1 saturated carbocycles. The fourth-order valence-corrected chi connectivity index (χ4v) is 2.96. The first-order valence-electron chi connectivity index (χ1n) is 7.60. The Labute approximate surface area is 119 Å². The summed E-state index contributed by atoms with van der Waals surface area (Å²) in [6, 6.07) is 7.44. The molecule has 3 rings (SSSR count). The van der Waals surface area contributed by atoms with Gasteiger partial charge < -0.3 is 10.2 Å². The SMILES string of the molecule is CCN=C(NC1CC1c1ccccc1F)N1CCCC1. The second-order valence-electron chi connectivity index (χ2n) is 5.61. The number of nitrogens with one attached hydrogen (secondary N) is 1. The van der Waals surface area contributed by atoms with Gasteiger partial charge in [0.1, 0.15) is 5.82 Å². The maximum atomic E-state index is 13.8. The number of halogens is 1. The highest BCUT2D eigenvalue weighted by Gasteiger charge is 2.41. The van der Waals surface area contributed by atoms with Crippen molar-refractivity contribution >= 4 is 5.96 Å². The fourth-order valence-electron chi connectivity index (χ4n) is 2.96. The van der Waals surface area contributed by atoms with E-state index in [1.807, 2.05) is 12.1 Å². The Hall–Kier alpha value is -1.58. The van der Waals surface area contributed by atoms with E-state index in [2.05, 4.69) is 22.1 Å². The van der Waals surface area contributed by atoms with Gasteiger partial charge in [-0.3, -0.25) is 4.99 Å². The van der Waals surface area contributed by atoms with Crippen LogP contribution in [0.3, 0.4) is 0 Å². The molecule has 0 amide bonds. The summed E-state index contributed by atoms with van der Waals surface area (Å²) in [5.74, 6) is 1.21. The minimum atomic E-state index is -0.0862. The molecule has 1 N–H and O–H groups in total. The lowest BCUT2D eigenvalue weighted by molar-refractivity contribution is 0.490. The molecule has 0 radical (unpaired) electrons. The van der Waals surface area contributed by atoms with E-state index in [1.165, 1.54) is 12.8 Å². The van der Waals surface area contributed by atoms with E-state index in [9.17, 15) is 4.39 Å². The van der Waals surface area contributed by atoms with E-state index >= 15 is 0 Å². The van der Waals surface area contributed by atoms with Crippen molar-refractivity contribution in [1.29, 1.82) is 0 Å². The van der Waals surface area contributed by atoms with Crippen LogP contribution in [0.4, 0.5) is 4.39 Å². The number of hydrogen-bond donors (Lipinski definition) is 1. The van der Waals surface area contributed by atoms with Gasteiger partial charge >= 0.3 is 0 Å². The van der Waals surface area contributed by atoms with Crippen LogP contribution >= 0.6 is 0 Å². The molecule has 0 aromatic heterocycles. The van der Waals surface area contributed by atoms with Crippen molar-refractivity contribution < 1.29 is 4.39 Å². The number of guanidine groups is 1. The van der Waals surface area contributed by atoms with E-state index in [0.29, 0.717) is 12.0 Å². The van der Waals surface area contributed by atoms with Gasteiger partial charge in [-0.05, 0) is 37.8 Å². The predicted molar refractivity (Wildman–Crippen MR) is 79.5 cm³/mol. The summed E-state index contributed by atoms with van der Waals surface area (Å²) < 4.78 is 13.8. The summed E-state index contributed by atoms with van der Waals surface area (Å²) in [5, 5.41) is 3.52. The highest BCUT2D eigenvalue weighted by molar-refractivity contribution is 5.81. The maximum absolute atomic E-state index is 13.8. The van der Waals surface area contributed by atoms with Gasteiger partial charge in [-0.1, -0.05) is 18.2 Å². The molecule has 1 aliphatic heterocycles. The van der Waals surface area contributed by atoms with Crippen molar-refractivity contribution in [3.8, 4) is 0 Å². The summed E-state index contributed by atoms with van der Waals surface area (Å²) in [5.41, 5.74) is 0.835. The van der Waals surface area contributed by atoms with Crippen LogP contribution in [-0.2, 0) is 0 Å². The second kappa shape index (κ2) is 5.81. The van der Waals surface area contributed by atoms with Crippen molar-refractivity contribution in [1.82, 2.24) is 10.2 Å². The van der Waals surface area contributed by atoms with Gasteiger partial charge in [-0.25, -0.2) is 4.39 Å². The molecule has 2 atom stereocenters. The number of nitrogens with zero attached hydrogens (tertiary/aromatic N) is 2. The van der Waals surface area contributed by atoms with Gasteiger partial charge in [0.25, 0.3) is 0 Å². The molecule has 3 nitrogen and oxygen atoms in total.